The zero-order valence-corrected chi connectivity index (χ0v) is 18.1. The lowest BCUT2D eigenvalue weighted by molar-refractivity contribution is -0.118. The minimum absolute atomic E-state index is 0.00798. The molecule has 5 heteroatoms. The van der Waals surface area contributed by atoms with E-state index in [9.17, 15) is 9.18 Å². The van der Waals surface area contributed by atoms with Crippen LogP contribution in [0.25, 0.3) is 0 Å². The van der Waals surface area contributed by atoms with Gasteiger partial charge in [-0.15, -0.1) is 0 Å². The Morgan fingerprint density at radius 3 is 2.12 bits per heavy atom. The number of anilines is 2. The number of carbonyl (C=O) groups is 1. The second-order valence-electron chi connectivity index (χ2n) is 8.84. The van der Waals surface area contributed by atoms with Crippen molar-refractivity contribution in [2.75, 3.05) is 36.4 Å². The van der Waals surface area contributed by atoms with E-state index in [-0.39, 0.29) is 11.7 Å². The highest BCUT2D eigenvalue weighted by Gasteiger charge is 2.51. The van der Waals surface area contributed by atoms with E-state index in [2.05, 4.69) is 57.6 Å². The van der Waals surface area contributed by atoms with Crippen LogP contribution >= 0.6 is 0 Å². The third-order valence-electron chi connectivity index (χ3n) is 6.69. The first-order chi connectivity index (χ1) is 15.6. The fraction of sp³-hybridized carbons (Fsp3) is 0.296. The Morgan fingerprint density at radius 1 is 0.844 bits per heavy atom. The lowest BCUT2D eigenvalue weighted by atomic mass is 9.95. The molecule has 2 aliphatic rings. The molecule has 0 radical (unpaired) electrons. The van der Waals surface area contributed by atoms with Crippen LogP contribution in [0, 0.1) is 5.82 Å². The Kier molecular flexibility index (Phi) is 5.66. The second-order valence-corrected chi connectivity index (χ2v) is 8.84. The summed E-state index contributed by atoms with van der Waals surface area (Å²) in [5.74, 6) is -0.284. The molecule has 32 heavy (non-hydrogen) atoms. The van der Waals surface area contributed by atoms with Gasteiger partial charge in [0.05, 0.1) is 5.41 Å². The summed E-state index contributed by atoms with van der Waals surface area (Å²) in [5, 5.41) is 3.06. The quantitative estimate of drug-likeness (QED) is 0.610. The number of carbonyl (C=O) groups excluding carboxylic acids is 1. The molecule has 1 saturated carbocycles. The van der Waals surface area contributed by atoms with E-state index < -0.39 is 5.41 Å². The van der Waals surface area contributed by atoms with Gasteiger partial charge < -0.3 is 10.2 Å². The summed E-state index contributed by atoms with van der Waals surface area (Å²) < 4.78 is 13.2. The Hall–Kier alpha value is -3.18. The van der Waals surface area contributed by atoms with Gasteiger partial charge in [-0.25, -0.2) is 4.39 Å². The van der Waals surface area contributed by atoms with E-state index in [1.54, 1.807) is 12.1 Å². The van der Waals surface area contributed by atoms with Crippen LogP contribution in [0.1, 0.15) is 24.0 Å². The Labute approximate surface area is 188 Å². The number of piperazine rings is 1. The molecular formula is C27H28FN3O. The molecule has 0 bridgehead atoms. The normalized spacial score (nSPS) is 17.7. The molecule has 0 spiro atoms. The van der Waals surface area contributed by atoms with Crippen LogP contribution in [0.5, 0.6) is 0 Å². The van der Waals surface area contributed by atoms with Crippen molar-refractivity contribution >= 4 is 17.3 Å². The predicted octanol–water partition coefficient (Wildman–Crippen LogP) is 4.82. The molecule has 164 valence electrons. The summed E-state index contributed by atoms with van der Waals surface area (Å²) in [6, 6.07) is 25.0. The van der Waals surface area contributed by atoms with Crippen molar-refractivity contribution in [3.8, 4) is 0 Å². The van der Waals surface area contributed by atoms with Gasteiger partial charge in [0.1, 0.15) is 5.82 Å². The third-order valence-corrected chi connectivity index (χ3v) is 6.69. The lowest BCUT2D eigenvalue weighted by Crippen LogP contribution is -2.45. The van der Waals surface area contributed by atoms with E-state index >= 15 is 0 Å². The summed E-state index contributed by atoms with van der Waals surface area (Å²) in [6.07, 6.45) is 1.60. The van der Waals surface area contributed by atoms with Crippen molar-refractivity contribution in [3.63, 3.8) is 0 Å². The van der Waals surface area contributed by atoms with Crippen LogP contribution in [-0.4, -0.2) is 37.0 Å². The number of halogens is 1. The molecule has 3 aromatic rings. The highest BCUT2D eigenvalue weighted by atomic mass is 19.1. The molecular weight excluding hydrogens is 401 g/mol. The van der Waals surface area contributed by atoms with Crippen LogP contribution in [0.3, 0.4) is 0 Å². The lowest BCUT2D eigenvalue weighted by Gasteiger charge is -2.36. The summed E-state index contributed by atoms with van der Waals surface area (Å²) in [7, 11) is 0. The number of hydrogen-bond donors (Lipinski definition) is 1. The van der Waals surface area contributed by atoms with Crippen LogP contribution < -0.4 is 10.2 Å². The monoisotopic (exact) mass is 429 g/mol. The Balaban J connectivity index is 1.16. The van der Waals surface area contributed by atoms with Crippen molar-refractivity contribution in [2.45, 2.75) is 24.8 Å². The van der Waals surface area contributed by atoms with Crippen LogP contribution in [-0.2, 0) is 16.8 Å². The number of nitrogens with one attached hydrogen (secondary N) is 1. The molecule has 1 saturated heterocycles. The van der Waals surface area contributed by atoms with Gasteiger partial charge >= 0.3 is 0 Å². The van der Waals surface area contributed by atoms with Crippen LogP contribution in [0.4, 0.5) is 15.8 Å². The minimum atomic E-state index is -0.512. The summed E-state index contributed by atoms with van der Waals surface area (Å²) in [4.78, 5) is 17.8. The molecule has 3 aromatic carbocycles. The number of amides is 1. The van der Waals surface area contributed by atoms with Gasteiger partial charge in [-0.3, -0.25) is 9.69 Å². The molecule has 1 aliphatic heterocycles. The van der Waals surface area contributed by atoms with E-state index in [0.717, 1.165) is 56.8 Å². The van der Waals surface area contributed by atoms with E-state index in [0.29, 0.717) is 0 Å². The van der Waals surface area contributed by atoms with E-state index in [1.807, 2.05) is 12.1 Å². The van der Waals surface area contributed by atoms with Gasteiger partial charge in [0.25, 0.3) is 0 Å². The fourth-order valence-electron chi connectivity index (χ4n) is 4.55. The number of nitrogens with zero attached hydrogens (tertiary/aromatic N) is 2. The maximum Gasteiger partial charge on any atom is 0.235 e. The molecule has 5 rings (SSSR count). The summed E-state index contributed by atoms with van der Waals surface area (Å²) in [6.45, 7) is 5.05. The topological polar surface area (TPSA) is 35.6 Å². The molecule has 1 N–H and O–H groups in total. The van der Waals surface area contributed by atoms with Crippen molar-refractivity contribution < 1.29 is 9.18 Å². The van der Waals surface area contributed by atoms with Gasteiger partial charge in [0, 0.05) is 44.1 Å². The Morgan fingerprint density at radius 2 is 1.50 bits per heavy atom. The van der Waals surface area contributed by atoms with E-state index in [4.69, 9.17) is 0 Å². The molecule has 4 nitrogen and oxygen atoms in total. The largest absolute Gasteiger partial charge is 0.369 e. The average Bonchev–Trinajstić information content (AvgIpc) is 3.64. The molecule has 2 fully saturated rings. The first-order valence-corrected chi connectivity index (χ1v) is 11.3. The number of rotatable bonds is 6. The Bertz CT molecular complexity index is 1050. The third kappa shape index (κ3) is 4.39. The molecule has 0 atom stereocenters. The minimum Gasteiger partial charge on any atom is -0.369 e. The first kappa shape index (κ1) is 20.7. The van der Waals surface area contributed by atoms with Gasteiger partial charge in [-0.05, 0) is 60.4 Å². The standard InChI is InChI=1S/C27H28FN3O/c28-23-8-6-22(7-9-23)27(14-15-27)26(32)29-24-10-12-25(13-11-24)31-18-16-30(17-19-31)20-21-4-2-1-3-5-21/h1-13H,14-20H2,(H,29,32). The van der Waals surface area contributed by atoms with Gasteiger partial charge in [-0.1, -0.05) is 42.5 Å². The number of benzene rings is 3. The van der Waals surface area contributed by atoms with Crippen molar-refractivity contribution in [1.29, 1.82) is 0 Å². The summed E-state index contributed by atoms with van der Waals surface area (Å²) in [5.41, 5.74) is 3.72. The van der Waals surface area contributed by atoms with Crippen molar-refractivity contribution in [1.82, 2.24) is 4.90 Å². The first-order valence-electron chi connectivity index (χ1n) is 11.3. The second kappa shape index (κ2) is 8.75. The molecule has 1 amide bonds. The maximum atomic E-state index is 13.2. The SMILES string of the molecule is O=C(Nc1ccc(N2CCN(Cc3ccccc3)CC2)cc1)C1(c2ccc(F)cc2)CC1. The van der Waals surface area contributed by atoms with Crippen molar-refractivity contribution in [2.24, 2.45) is 0 Å². The number of hydrogen-bond acceptors (Lipinski definition) is 3. The van der Waals surface area contributed by atoms with Crippen molar-refractivity contribution in [3.05, 3.63) is 95.8 Å². The average molecular weight is 430 g/mol. The maximum absolute atomic E-state index is 13.2. The highest BCUT2D eigenvalue weighted by molar-refractivity contribution is 6.01. The van der Waals surface area contributed by atoms with Gasteiger partial charge in [0.15, 0.2) is 0 Å². The van der Waals surface area contributed by atoms with Gasteiger partial charge in [0.2, 0.25) is 5.91 Å². The zero-order chi connectivity index (χ0) is 22.0. The van der Waals surface area contributed by atoms with Gasteiger partial charge in [-0.2, -0.15) is 0 Å². The predicted molar refractivity (Wildman–Crippen MR) is 126 cm³/mol. The summed E-state index contributed by atoms with van der Waals surface area (Å²) >= 11 is 0. The molecule has 0 aromatic heterocycles. The highest BCUT2D eigenvalue weighted by Crippen LogP contribution is 2.49. The fourth-order valence-corrected chi connectivity index (χ4v) is 4.55. The van der Waals surface area contributed by atoms with E-state index in [1.165, 1.54) is 23.4 Å². The van der Waals surface area contributed by atoms with Crippen LogP contribution in [0.2, 0.25) is 0 Å². The smallest absolute Gasteiger partial charge is 0.235 e. The molecule has 1 aliphatic carbocycles. The molecule has 1 heterocycles. The molecule has 0 unspecified atom stereocenters. The van der Waals surface area contributed by atoms with Crippen LogP contribution in [0.15, 0.2) is 78.9 Å². The zero-order valence-electron chi connectivity index (χ0n) is 18.1.